The van der Waals surface area contributed by atoms with Crippen LogP contribution in [-0.4, -0.2) is 18.6 Å². The zero-order chi connectivity index (χ0) is 21.6. The van der Waals surface area contributed by atoms with Crippen LogP contribution < -0.4 is 0 Å². The van der Waals surface area contributed by atoms with E-state index in [1.165, 1.54) is 0 Å². The van der Waals surface area contributed by atoms with Crippen LogP contribution in [0.1, 0.15) is 130 Å². The Hall–Kier alpha value is 1.72. The minimum Gasteiger partial charge on any atom is -0.0585 e. The largest absolute Gasteiger partial charge is 0.0585 e. The lowest BCUT2D eigenvalue weighted by molar-refractivity contribution is 0.186. The Morgan fingerprint density at radius 3 is 0.625 bits per heavy atom. The van der Waals surface area contributed by atoms with Gasteiger partial charge < -0.3 is 0 Å². The molecule has 0 radical (unpaired) electrons. The molecular weight excluding hydrogens is 460 g/mol. The lowest BCUT2D eigenvalue weighted by Crippen LogP contribution is -3.02. The molecule has 0 aromatic carbocycles. The summed E-state index contributed by atoms with van der Waals surface area (Å²) in [6.45, 7) is 11.6. The normalized spacial score (nSPS) is 61.9. The van der Waals surface area contributed by atoms with Gasteiger partial charge in [0.05, 0.1) is 0 Å². The second kappa shape index (κ2) is 5.45. The summed E-state index contributed by atoms with van der Waals surface area (Å²) in [5.74, 6) is 0. The maximum Gasteiger partial charge on any atom is 0.0427 e. The number of rotatable bonds is 4. The van der Waals surface area contributed by atoms with Gasteiger partial charge in [-0.05, 0) is 73.0 Å². The first-order valence-electron chi connectivity index (χ1n) is 14.5. The Morgan fingerprint density at radius 2 is 0.469 bits per heavy atom. The molecule has 10 rings (SSSR count). The quantitative estimate of drug-likeness (QED) is 0.334. The SMILES string of the molecule is CC1(C23P4C5(C6(C)CCCC6)P2C2(C6(C)CCCC6)P3C4(C3(C)CCCC3)P52)CCCC1. The van der Waals surface area contributed by atoms with Crippen molar-refractivity contribution in [2.45, 2.75) is 149 Å². The van der Waals surface area contributed by atoms with Crippen molar-refractivity contribution >= 4 is 31.7 Å². The minimum atomic E-state index is 0.363. The predicted octanol–water partition coefficient (Wildman–Crippen LogP) is 10.9. The molecule has 6 aliphatic heterocycles. The van der Waals surface area contributed by atoms with Crippen LogP contribution in [0.4, 0.5) is 0 Å². The molecule has 0 amide bonds. The highest BCUT2D eigenvalue weighted by atomic mass is 31.4. The van der Waals surface area contributed by atoms with Gasteiger partial charge in [0, 0.05) is 18.6 Å². The van der Waals surface area contributed by atoms with Crippen molar-refractivity contribution in [2.75, 3.05) is 0 Å². The highest BCUT2D eigenvalue weighted by Crippen LogP contribution is 3.55. The monoisotopic (exact) mass is 504 g/mol. The van der Waals surface area contributed by atoms with E-state index in [4.69, 9.17) is 0 Å². The van der Waals surface area contributed by atoms with Crippen molar-refractivity contribution in [3.63, 3.8) is 0 Å². The van der Waals surface area contributed by atoms with Crippen LogP contribution in [0.5, 0.6) is 0 Å². The molecule has 6 heterocycles. The Bertz CT molecular complexity index is 726. The molecule has 0 aromatic heterocycles. The molecule has 0 N–H and O–H groups in total. The molecule has 4 aliphatic carbocycles. The first-order chi connectivity index (χ1) is 15.3. The van der Waals surface area contributed by atoms with Crippen LogP contribution >= 0.6 is 31.7 Å². The van der Waals surface area contributed by atoms with E-state index in [0.717, 1.165) is 40.2 Å². The third kappa shape index (κ3) is 1.41. The molecule has 0 bridgehead atoms. The highest BCUT2D eigenvalue weighted by Gasteiger charge is 3.24. The smallest absolute Gasteiger partial charge is 0.0427 e. The molecule has 0 aromatic rings. The van der Waals surface area contributed by atoms with Gasteiger partial charge in [-0.1, -0.05) is 111 Å². The fraction of sp³-hybridized carbons (Fsp3) is 1.00. The zero-order valence-corrected chi connectivity index (χ0v) is 24.7. The van der Waals surface area contributed by atoms with Gasteiger partial charge in [-0.3, -0.25) is 0 Å². The molecule has 6 saturated heterocycles. The van der Waals surface area contributed by atoms with Crippen LogP contribution in [0.3, 0.4) is 0 Å². The second-order valence-corrected chi connectivity index (χ2v) is 29.9. The third-order valence-corrected chi connectivity index (χ3v) is 42.2. The molecular formula is C28H44P4. The van der Waals surface area contributed by atoms with E-state index in [2.05, 4.69) is 27.7 Å². The first-order valence-corrected chi connectivity index (χ1v) is 19.9. The van der Waals surface area contributed by atoms with Gasteiger partial charge in [0.15, 0.2) is 0 Å². The predicted molar refractivity (Wildman–Crippen MR) is 145 cm³/mol. The van der Waals surface area contributed by atoms with Crippen molar-refractivity contribution < 1.29 is 0 Å². The standard InChI is InChI=1S/C28H44P4/c1-21(13-5-6-14-21)25-29-26(22(2)15-7-8-16-22)30(25)28(24(4)19-11-12-20-24)31(25)27(29,32(26)28)23(3)17-9-10-18-23/h5-20H2,1-4H3. The Balaban J connectivity index is 1.28. The molecule has 0 unspecified atom stereocenters. The number of hydrogen-bond acceptors (Lipinski definition) is 0. The summed E-state index contributed by atoms with van der Waals surface area (Å²) in [5.41, 5.74) is 3.25. The molecule has 10 aliphatic rings. The van der Waals surface area contributed by atoms with E-state index in [-0.39, 0.29) is 0 Å². The molecule has 32 heavy (non-hydrogen) atoms. The maximum atomic E-state index is 2.90. The molecule has 176 valence electrons. The van der Waals surface area contributed by atoms with E-state index < -0.39 is 0 Å². The van der Waals surface area contributed by atoms with Gasteiger partial charge in [-0.25, -0.2) is 0 Å². The van der Waals surface area contributed by atoms with Gasteiger partial charge >= 0.3 is 0 Å². The van der Waals surface area contributed by atoms with Crippen molar-refractivity contribution in [3.05, 3.63) is 0 Å². The summed E-state index contributed by atoms with van der Waals surface area (Å²) in [7, 11) is 1.45. The van der Waals surface area contributed by atoms with Crippen LogP contribution in [-0.2, 0) is 0 Å². The van der Waals surface area contributed by atoms with E-state index in [9.17, 15) is 0 Å². The summed E-state index contributed by atoms with van der Waals surface area (Å²) >= 11 is 0. The minimum absolute atomic E-state index is 0.363. The summed E-state index contributed by atoms with van der Waals surface area (Å²) in [4.78, 5) is 0. The Kier molecular flexibility index (Phi) is 3.53. The Morgan fingerprint density at radius 1 is 0.312 bits per heavy atom. The maximum absolute atomic E-state index is 2.90. The summed E-state index contributed by atoms with van der Waals surface area (Å²) in [6.07, 6.45) is 25.9. The van der Waals surface area contributed by atoms with Crippen LogP contribution in [0.2, 0.25) is 0 Å². The van der Waals surface area contributed by atoms with Gasteiger partial charge in [0.2, 0.25) is 0 Å². The van der Waals surface area contributed by atoms with Crippen molar-refractivity contribution in [3.8, 4) is 0 Å². The van der Waals surface area contributed by atoms with Crippen molar-refractivity contribution in [2.24, 2.45) is 21.7 Å². The third-order valence-electron chi connectivity index (χ3n) is 13.8. The first kappa shape index (κ1) is 20.7. The zero-order valence-electron chi connectivity index (χ0n) is 21.1. The van der Waals surface area contributed by atoms with Gasteiger partial charge in [0.25, 0.3) is 0 Å². The summed E-state index contributed by atoms with van der Waals surface area (Å²) < 4.78 is 4.12. The average molecular weight is 505 g/mol. The van der Waals surface area contributed by atoms with Gasteiger partial charge in [0.1, 0.15) is 0 Å². The molecule has 4 saturated carbocycles. The van der Waals surface area contributed by atoms with E-state index >= 15 is 0 Å². The van der Waals surface area contributed by atoms with Gasteiger partial charge in [-0.2, -0.15) is 0 Å². The topological polar surface area (TPSA) is 0 Å². The summed E-state index contributed by atoms with van der Waals surface area (Å²) in [6, 6.07) is 0. The molecule has 0 spiro atoms. The number of hydrogen-bond donors (Lipinski definition) is 0. The fourth-order valence-corrected chi connectivity index (χ4v) is 62.7. The van der Waals surface area contributed by atoms with Crippen LogP contribution in [0.25, 0.3) is 0 Å². The molecule has 0 nitrogen and oxygen atoms in total. The van der Waals surface area contributed by atoms with Crippen LogP contribution in [0.15, 0.2) is 0 Å². The van der Waals surface area contributed by atoms with E-state index in [1.54, 1.807) is 103 Å². The lowest BCUT2D eigenvalue weighted by atomic mass is 9.87. The van der Waals surface area contributed by atoms with Crippen molar-refractivity contribution in [1.82, 2.24) is 0 Å². The van der Waals surface area contributed by atoms with E-state index in [0.29, 0.717) is 31.7 Å². The molecule has 0 atom stereocenters. The summed E-state index contributed by atoms with van der Waals surface area (Å²) in [5, 5.41) is 0. The van der Waals surface area contributed by atoms with Gasteiger partial charge in [-0.15, -0.1) is 0 Å². The van der Waals surface area contributed by atoms with E-state index in [1.807, 2.05) is 0 Å². The Labute approximate surface area is 202 Å². The molecule has 10 fully saturated rings. The lowest BCUT2D eigenvalue weighted by Gasteiger charge is -3.23. The highest BCUT2D eigenvalue weighted by molar-refractivity contribution is 8.53. The van der Waals surface area contributed by atoms with Crippen molar-refractivity contribution in [1.29, 1.82) is 0 Å². The molecule has 4 heteroatoms. The second-order valence-electron chi connectivity index (χ2n) is 15.0. The average Bonchev–Trinajstić information content (AvgIpc) is 3.57. The van der Waals surface area contributed by atoms with Crippen LogP contribution in [0, 0.1) is 21.7 Å². The fourth-order valence-electron chi connectivity index (χ4n) is 12.7.